The Morgan fingerprint density at radius 2 is 2.05 bits per heavy atom. The van der Waals surface area contributed by atoms with Crippen LogP contribution in [-0.2, 0) is 0 Å². The van der Waals surface area contributed by atoms with E-state index in [9.17, 15) is 4.79 Å². The monoisotopic (exact) mass is 325 g/mol. The molecule has 1 saturated carbocycles. The Balaban J connectivity index is 2.05. The number of hydrogen-bond acceptors (Lipinski definition) is 3. The van der Waals surface area contributed by atoms with Gasteiger partial charge in [0.1, 0.15) is 4.60 Å². The van der Waals surface area contributed by atoms with Gasteiger partial charge in [-0.05, 0) is 61.4 Å². The van der Waals surface area contributed by atoms with Crippen LogP contribution < -0.4 is 0 Å². The zero-order valence-corrected chi connectivity index (χ0v) is 13.3. The van der Waals surface area contributed by atoms with Crippen molar-refractivity contribution in [1.29, 1.82) is 0 Å². The molecule has 0 aliphatic heterocycles. The molecule has 19 heavy (non-hydrogen) atoms. The maximum atomic E-state index is 12.3. The first kappa shape index (κ1) is 14.5. The molecule has 1 fully saturated rings. The predicted octanol–water partition coefficient (Wildman–Crippen LogP) is 2.40. The van der Waals surface area contributed by atoms with Gasteiger partial charge in [-0.15, -0.1) is 0 Å². The Hall–Kier alpha value is -0.940. The number of rotatable bonds is 4. The highest BCUT2D eigenvalue weighted by molar-refractivity contribution is 9.10. The second-order valence-corrected chi connectivity index (χ2v) is 6.32. The van der Waals surface area contributed by atoms with E-state index < -0.39 is 0 Å². The number of aromatic nitrogens is 1. The van der Waals surface area contributed by atoms with Gasteiger partial charge in [0.2, 0.25) is 0 Å². The predicted molar refractivity (Wildman–Crippen MR) is 79.2 cm³/mol. The van der Waals surface area contributed by atoms with Crippen LogP contribution in [0.2, 0.25) is 0 Å². The minimum absolute atomic E-state index is 0.0353. The third-order valence-electron chi connectivity index (χ3n) is 4.09. The number of hydrogen-bond donors (Lipinski definition) is 0. The lowest BCUT2D eigenvalue weighted by molar-refractivity contribution is 0.0252. The van der Waals surface area contributed by atoms with E-state index in [1.165, 1.54) is 6.42 Å². The molecule has 104 valence electrons. The Morgan fingerprint density at radius 3 is 2.47 bits per heavy atom. The molecule has 0 N–H and O–H groups in total. The number of likely N-dealkylation sites (N-methyl/N-ethyl adjacent to an activating group) is 2. The summed E-state index contributed by atoms with van der Waals surface area (Å²) in [6.45, 7) is 0.773. The third kappa shape index (κ3) is 2.98. The number of nitrogens with zero attached hydrogens (tertiary/aromatic N) is 3. The zero-order valence-electron chi connectivity index (χ0n) is 11.7. The molecular formula is C14H20BrN3O. The van der Waals surface area contributed by atoms with Gasteiger partial charge in [0.15, 0.2) is 0 Å². The first-order valence-electron chi connectivity index (χ1n) is 6.49. The number of amides is 1. The molecule has 0 radical (unpaired) electrons. The molecule has 1 aromatic heterocycles. The van der Waals surface area contributed by atoms with Crippen molar-refractivity contribution < 1.29 is 4.79 Å². The van der Waals surface area contributed by atoms with Crippen molar-refractivity contribution in [2.24, 2.45) is 0 Å². The summed E-state index contributed by atoms with van der Waals surface area (Å²) < 4.78 is 0.746. The fraction of sp³-hybridized carbons (Fsp3) is 0.571. The van der Waals surface area contributed by atoms with Gasteiger partial charge in [-0.3, -0.25) is 4.79 Å². The highest BCUT2D eigenvalue weighted by atomic mass is 79.9. The van der Waals surface area contributed by atoms with Crippen LogP contribution in [0.15, 0.2) is 22.9 Å². The van der Waals surface area contributed by atoms with Crippen molar-refractivity contribution in [1.82, 2.24) is 14.8 Å². The maximum absolute atomic E-state index is 12.3. The quantitative estimate of drug-likeness (QED) is 0.797. The number of pyridine rings is 1. The number of halogens is 1. The summed E-state index contributed by atoms with van der Waals surface area (Å²) in [7, 11) is 6.06. The maximum Gasteiger partial charge on any atom is 0.255 e. The van der Waals surface area contributed by atoms with Crippen LogP contribution in [0.1, 0.15) is 29.6 Å². The second-order valence-electron chi connectivity index (χ2n) is 5.50. The zero-order chi connectivity index (χ0) is 14.0. The van der Waals surface area contributed by atoms with Crippen LogP contribution in [0.25, 0.3) is 0 Å². The van der Waals surface area contributed by atoms with E-state index in [1.54, 1.807) is 18.3 Å². The van der Waals surface area contributed by atoms with Gasteiger partial charge in [-0.1, -0.05) is 0 Å². The van der Waals surface area contributed by atoms with Crippen molar-refractivity contribution in [3.05, 3.63) is 28.5 Å². The van der Waals surface area contributed by atoms with Gasteiger partial charge in [0.25, 0.3) is 5.91 Å². The number of carbonyl (C=O) groups is 1. The van der Waals surface area contributed by atoms with Crippen LogP contribution in [0.4, 0.5) is 0 Å². The Kier molecular flexibility index (Phi) is 4.26. The molecule has 0 atom stereocenters. The lowest BCUT2D eigenvalue weighted by atomic mass is 9.75. The molecule has 2 rings (SSSR count). The smallest absolute Gasteiger partial charge is 0.255 e. The van der Waals surface area contributed by atoms with Crippen molar-refractivity contribution in [2.45, 2.75) is 24.8 Å². The molecule has 0 bridgehead atoms. The Morgan fingerprint density at radius 1 is 1.37 bits per heavy atom. The van der Waals surface area contributed by atoms with E-state index in [2.05, 4.69) is 39.9 Å². The number of carbonyl (C=O) groups excluding carboxylic acids is 1. The van der Waals surface area contributed by atoms with Crippen molar-refractivity contribution in [3.63, 3.8) is 0 Å². The highest BCUT2D eigenvalue weighted by Crippen LogP contribution is 2.36. The average molecular weight is 326 g/mol. The van der Waals surface area contributed by atoms with Crippen molar-refractivity contribution in [3.8, 4) is 0 Å². The summed E-state index contributed by atoms with van der Waals surface area (Å²) in [5, 5.41) is 0. The van der Waals surface area contributed by atoms with Crippen LogP contribution in [-0.4, -0.2) is 53.9 Å². The second kappa shape index (κ2) is 5.59. The fourth-order valence-electron chi connectivity index (χ4n) is 2.57. The molecule has 1 aliphatic rings. The van der Waals surface area contributed by atoms with Gasteiger partial charge in [0, 0.05) is 25.3 Å². The average Bonchev–Trinajstić information content (AvgIpc) is 2.33. The lowest BCUT2D eigenvalue weighted by Crippen LogP contribution is -2.57. The summed E-state index contributed by atoms with van der Waals surface area (Å²) in [5.41, 5.74) is 0.798. The molecule has 1 aromatic rings. The van der Waals surface area contributed by atoms with Gasteiger partial charge in [0.05, 0.1) is 5.56 Å². The van der Waals surface area contributed by atoms with Gasteiger partial charge >= 0.3 is 0 Å². The first-order chi connectivity index (χ1) is 8.94. The molecule has 5 heteroatoms. The summed E-state index contributed by atoms with van der Waals surface area (Å²) >= 11 is 3.28. The van der Waals surface area contributed by atoms with E-state index in [4.69, 9.17) is 0 Å². The molecule has 1 aliphatic carbocycles. The molecule has 0 aromatic carbocycles. The van der Waals surface area contributed by atoms with Crippen LogP contribution in [0.3, 0.4) is 0 Å². The molecule has 0 spiro atoms. The molecule has 4 nitrogen and oxygen atoms in total. The van der Waals surface area contributed by atoms with E-state index >= 15 is 0 Å². The molecule has 0 unspecified atom stereocenters. The van der Waals surface area contributed by atoms with Gasteiger partial charge < -0.3 is 9.80 Å². The molecule has 1 amide bonds. The van der Waals surface area contributed by atoms with Gasteiger partial charge in [-0.25, -0.2) is 4.98 Å². The summed E-state index contributed by atoms with van der Waals surface area (Å²) in [4.78, 5) is 20.5. The Bertz CT molecular complexity index is 454. The molecule has 0 saturated heterocycles. The Labute approximate surface area is 122 Å². The standard InChI is InChI=1S/C14H20BrN3O/c1-17(2)14(7-4-8-14)10-18(3)13(19)11-5-6-12(15)16-9-11/h5-6,9H,4,7-8,10H2,1-3H3. The fourth-order valence-corrected chi connectivity index (χ4v) is 2.80. The van der Waals surface area contributed by atoms with Gasteiger partial charge in [-0.2, -0.15) is 0 Å². The van der Waals surface area contributed by atoms with Crippen LogP contribution in [0.5, 0.6) is 0 Å². The normalized spacial score (nSPS) is 17.1. The topological polar surface area (TPSA) is 36.4 Å². The van der Waals surface area contributed by atoms with Crippen LogP contribution >= 0.6 is 15.9 Å². The highest BCUT2D eigenvalue weighted by Gasteiger charge is 2.40. The minimum atomic E-state index is 0.0353. The van der Waals surface area contributed by atoms with E-state index in [0.717, 1.165) is 24.0 Å². The van der Waals surface area contributed by atoms with Crippen molar-refractivity contribution >= 4 is 21.8 Å². The minimum Gasteiger partial charge on any atom is -0.340 e. The largest absolute Gasteiger partial charge is 0.340 e. The third-order valence-corrected chi connectivity index (χ3v) is 4.55. The summed E-state index contributed by atoms with van der Waals surface area (Å²) in [6, 6.07) is 3.60. The molecule has 1 heterocycles. The summed E-state index contributed by atoms with van der Waals surface area (Å²) in [6.07, 6.45) is 5.19. The van der Waals surface area contributed by atoms with Crippen molar-refractivity contribution in [2.75, 3.05) is 27.7 Å². The van der Waals surface area contributed by atoms with Crippen LogP contribution in [0, 0.1) is 0 Å². The van der Waals surface area contributed by atoms with E-state index in [1.807, 2.05) is 11.9 Å². The SMILES string of the molecule is CN(CC1(N(C)C)CCC1)C(=O)c1ccc(Br)nc1. The summed E-state index contributed by atoms with van der Waals surface area (Å²) in [5.74, 6) is 0.0353. The lowest BCUT2D eigenvalue weighted by Gasteiger charge is -2.49. The van der Waals surface area contributed by atoms with E-state index in [0.29, 0.717) is 5.56 Å². The first-order valence-corrected chi connectivity index (χ1v) is 7.28. The van der Waals surface area contributed by atoms with E-state index in [-0.39, 0.29) is 11.4 Å². The molecular weight excluding hydrogens is 306 g/mol.